The van der Waals surface area contributed by atoms with Gasteiger partial charge in [-0.05, 0) is 66.0 Å². The Bertz CT molecular complexity index is 1090. The Morgan fingerprint density at radius 3 is 2.09 bits per heavy atom. The molecule has 1 heterocycles. The number of carbonyl (C=O) groups is 2. The highest BCUT2D eigenvalue weighted by molar-refractivity contribution is 6.35. The van der Waals surface area contributed by atoms with Crippen molar-refractivity contribution in [2.75, 3.05) is 6.61 Å². The Kier molecular flexibility index (Phi) is 8.39. The molecule has 0 aliphatic rings. The zero-order chi connectivity index (χ0) is 26.0. The Morgan fingerprint density at radius 1 is 1.09 bits per heavy atom. The molecule has 2 amide bonds. The summed E-state index contributed by atoms with van der Waals surface area (Å²) >= 11 is 6.26. The van der Waals surface area contributed by atoms with E-state index in [4.69, 9.17) is 21.1 Å². The fourth-order valence-corrected chi connectivity index (χ4v) is 3.59. The number of rotatable bonds is 5. The first-order valence-electron chi connectivity index (χ1n) is 10.9. The quantitative estimate of drug-likeness (QED) is 0.635. The maximum Gasteiger partial charge on any atom is 0.420 e. The molecular formula is C24H33ClN2O7. The van der Waals surface area contributed by atoms with Crippen LogP contribution in [0.15, 0.2) is 29.1 Å². The first-order valence-corrected chi connectivity index (χ1v) is 11.3. The molecule has 34 heavy (non-hydrogen) atoms. The predicted octanol–water partition coefficient (Wildman–Crippen LogP) is 4.24. The Labute approximate surface area is 203 Å². The summed E-state index contributed by atoms with van der Waals surface area (Å²) in [6, 6.07) is 5.49. The van der Waals surface area contributed by atoms with Crippen LogP contribution in [0.2, 0.25) is 5.02 Å². The van der Waals surface area contributed by atoms with Crippen molar-refractivity contribution < 1.29 is 29.3 Å². The van der Waals surface area contributed by atoms with Gasteiger partial charge in [-0.2, -0.15) is 0 Å². The second kappa shape index (κ2) is 10.3. The number of pyridine rings is 1. The number of aliphatic hydroxyl groups excluding tert-OH is 2. The lowest BCUT2D eigenvalue weighted by atomic mass is 10.1. The van der Waals surface area contributed by atoms with Crippen molar-refractivity contribution in [3.8, 4) is 0 Å². The molecule has 1 aromatic carbocycles. The Morgan fingerprint density at radius 2 is 1.62 bits per heavy atom. The smallest absolute Gasteiger partial charge is 0.420 e. The molecule has 0 bridgehead atoms. The van der Waals surface area contributed by atoms with Gasteiger partial charge in [-0.15, -0.1) is 0 Å². The number of carbonyl (C=O) groups excluding carboxylic acids is 2. The number of aliphatic hydroxyl groups is 2. The van der Waals surface area contributed by atoms with E-state index in [0.717, 1.165) is 4.90 Å². The molecule has 2 atom stereocenters. The highest BCUT2D eigenvalue weighted by Gasteiger charge is 2.37. The minimum Gasteiger partial charge on any atom is -0.443 e. The van der Waals surface area contributed by atoms with Crippen molar-refractivity contribution in [1.82, 2.24) is 9.47 Å². The second-order valence-corrected chi connectivity index (χ2v) is 10.4. The van der Waals surface area contributed by atoms with Crippen LogP contribution < -0.4 is 5.56 Å². The number of fused-ring (bicyclic) bond motifs is 1. The summed E-state index contributed by atoms with van der Waals surface area (Å²) in [7, 11) is 0. The summed E-state index contributed by atoms with van der Waals surface area (Å²) in [6.07, 6.45) is -3.18. The lowest BCUT2D eigenvalue weighted by molar-refractivity contribution is -0.00698. The Balaban J connectivity index is 2.74. The van der Waals surface area contributed by atoms with Gasteiger partial charge >= 0.3 is 12.2 Å². The van der Waals surface area contributed by atoms with Gasteiger partial charge in [0.1, 0.15) is 11.2 Å². The average Bonchev–Trinajstić information content (AvgIpc) is 2.66. The van der Waals surface area contributed by atoms with Crippen LogP contribution in [0.1, 0.15) is 60.2 Å². The van der Waals surface area contributed by atoms with E-state index < -0.39 is 47.7 Å². The molecule has 2 aromatic rings. The van der Waals surface area contributed by atoms with Crippen LogP contribution in [0.25, 0.3) is 10.8 Å². The molecule has 0 saturated heterocycles. The summed E-state index contributed by atoms with van der Waals surface area (Å²) in [5.41, 5.74) is -2.11. The second-order valence-electron chi connectivity index (χ2n) is 10.0. The van der Waals surface area contributed by atoms with Crippen LogP contribution in [0.4, 0.5) is 9.59 Å². The maximum absolute atomic E-state index is 13.4. The van der Waals surface area contributed by atoms with Gasteiger partial charge in [0.2, 0.25) is 0 Å². The van der Waals surface area contributed by atoms with Crippen molar-refractivity contribution in [2.45, 2.75) is 78.4 Å². The fraction of sp³-hybridized carbons (Fsp3) is 0.542. The molecule has 188 valence electrons. The van der Waals surface area contributed by atoms with E-state index in [0.29, 0.717) is 5.39 Å². The van der Waals surface area contributed by atoms with E-state index in [1.54, 1.807) is 72.7 Å². The third-order valence-corrected chi connectivity index (χ3v) is 5.03. The maximum atomic E-state index is 13.4. The highest BCUT2D eigenvalue weighted by Crippen LogP contribution is 2.29. The lowest BCUT2D eigenvalue weighted by Crippen LogP contribution is -2.46. The van der Waals surface area contributed by atoms with E-state index in [2.05, 4.69) is 0 Å². The first kappa shape index (κ1) is 27.6. The van der Waals surface area contributed by atoms with Gasteiger partial charge in [0, 0.05) is 5.69 Å². The van der Waals surface area contributed by atoms with Crippen LogP contribution in [0.5, 0.6) is 0 Å². The normalized spacial score (nSPS) is 13.9. The monoisotopic (exact) mass is 496 g/mol. The molecule has 10 heteroatoms. The number of hydrogen-bond acceptors (Lipinski definition) is 7. The third-order valence-electron chi connectivity index (χ3n) is 4.72. The number of halogens is 1. The molecule has 0 aliphatic heterocycles. The van der Waals surface area contributed by atoms with Gasteiger partial charge in [0.05, 0.1) is 35.7 Å². The lowest BCUT2D eigenvalue weighted by Gasteiger charge is -2.33. The van der Waals surface area contributed by atoms with E-state index >= 15 is 0 Å². The molecule has 2 rings (SSSR count). The molecule has 0 fully saturated rings. The number of benzene rings is 1. The van der Waals surface area contributed by atoms with Gasteiger partial charge in [-0.25, -0.2) is 14.5 Å². The fourth-order valence-electron chi connectivity index (χ4n) is 3.32. The van der Waals surface area contributed by atoms with Crippen LogP contribution in [0.3, 0.4) is 0 Å². The van der Waals surface area contributed by atoms with Gasteiger partial charge in [0.15, 0.2) is 0 Å². The summed E-state index contributed by atoms with van der Waals surface area (Å²) in [5.74, 6) is 0. The number of amides is 2. The van der Waals surface area contributed by atoms with Crippen molar-refractivity contribution in [3.05, 3.63) is 45.3 Å². The summed E-state index contributed by atoms with van der Waals surface area (Å²) in [6.45, 7) is 10.6. The number of nitrogens with zero attached hydrogens (tertiary/aromatic N) is 2. The number of hydrogen-bond donors (Lipinski definition) is 2. The van der Waals surface area contributed by atoms with Gasteiger partial charge in [0.25, 0.3) is 5.56 Å². The average molecular weight is 497 g/mol. The summed E-state index contributed by atoms with van der Waals surface area (Å²) in [4.78, 5) is 40.4. The largest absolute Gasteiger partial charge is 0.443 e. The third kappa shape index (κ3) is 6.71. The predicted molar refractivity (Wildman–Crippen MR) is 129 cm³/mol. The van der Waals surface area contributed by atoms with E-state index in [9.17, 15) is 24.6 Å². The molecule has 0 radical (unpaired) electrons. The van der Waals surface area contributed by atoms with Crippen LogP contribution in [-0.2, 0) is 16.0 Å². The van der Waals surface area contributed by atoms with E-state index in [1.807, 2.05) is 0 Å². The molecule has 0 spiro atoms. The minimum absolute atomic E-state index is 0.213. The van der Waals surface area contributed by atoms with Crippen molar-refractivity contribution in [1.29, 1.82) is 0 Å². The van der Waals surface area contributed by atoms with E-state index in [-0.39, 0.29) is 22.6 Å². The van der Waals surface area contributed by atoms with E-state index in [1.165, 1.54) is 4.57 Å². The van der Waals surface area contributed by atoms with Crippen LogP contribution >= 0.6 is 11.6 Å². The number of ether oxygens (including phenoxy) is 2. The minimum atomic E-state index is -1.26. The summed E-state index contributed by atoms with van der Waals surface area (Å²) < 4.78 is 12.1. The van der Waals surface area contributed by atoms with Gasteiger partial charge < -0.3 is 24.3 Å². The standard InChI is InChI=1S/C24H33ClN2O7/c1-14(27(21(31)33-23(2,3)4)22(32)34-24(5,6)7)18-11-15-9-8-10-17(25)19(15)20(30)26(18)12-16(29)13-28/h8-11,14,16,28-29H,12-13H2,1-7H3. The number of imide groups is 1. The molecular weight excluding hydrogens is 464 g/mol. The zero-order valence-corrected chi connectivity index (χ0v) is 21.3. The Hall–Kier alpha value is -2.62. The zero-order valence-electron chi connectivity index (χ0n) is 20.6. The molecule has 2 unspecified atom stereocenters. The van der Waals surface area contributed by atoms with Crippen molar-refractivity contribution in [2.24, 2.45) is 0 Å². The molecule has 0 aliphatic carbocycles. The SMILES string of the molecule is CC(c1cc2cccc(Cl)c2c(=O)n1CC(O)CO)N(C(=O)OC(C)(C)C)C(=O)OC(C)(C)C. The molecule has 2 N–H and O–H groups in total. The molecule has 9 nitrogen and oxygen atoms in total. The van der Waals surface area contributed by atoms with Crippen LogP contribution in [-0.4, -0.2) is 55.8 Å². The van der Waals surface area contributed by atoms with Crippen molar-refractivity contribution in [3.63, 3.8) is 0 Å². The first-order chi connectivity index (χ1) is 15.6. The van der Waals surface area contributed by atoms with Crippen LogP contribution in [0, 0.1) is 0 Å². The van der Waals surface area contributed by atoms with Gasteiger partial charge in [-0.3, -0.25) is 4.79 Å². The van der Waals surface area contributed by atoms with Crippen molar-refractivity contribution >= 4 is 34.6 Å². The van der Waals surface area contributed by atoms with Gasteiger partial charge in [-0.1, -0.05) is 23.7 Å². The number of aromatic nitrogens is 1. The molecule has 0 saturated carbocycles. The topological polar surface area (TPSA) is 118 Å². The molecule has 1 aromatic heterocycles. The summed E-state index contributed by atoms with van der Waals surface area (Å²) in [5, 5.41) is 20.4. The highest BCUT2D eigenvalue weighted by atomic mass is 35.5.